The zero-order valence-electron chi connectivity index (χ0n) is 13.7. The molecule has 1 heterocycles. The maximum absolute atomic E-state index is 4.82. The Hall–Kier alpha value is -0.350. The van der Waals surface area contributed by atoms with Crippen molar-refractivity contribution in [3.05, 3.63) is 26.9 Å². The first-order valence-electron chi connectivity index (χ1n) is 8.44. The van der Waals surface area contributed by atoms with E-state index < -0.39 is 0 Å². The SMILES string of the molecule is CCCCCCCCCCc1nc2c(Br)ccc(Br)c2n1C. The highest BCUT2D eigenvalue weighted by Crippen LogP contribution is 2.30. The van der Waals surface area contributed by atoms with Gasteiger partial charge in [-0.2, -0.15) is 0 Å². The maximum atomic E-state index is 4.82. The molecule has 0 atom stereocenters. The van der Waals surface area contributed by atoms with Gasteiger partial charge in [-0.25, -0.2) is 4.98 Å². The Kier molecular flexibility index (Phi) is 7.42. The fourth-order valence-corrected chi connectivity index (χ4v) is 3.92. The number of hydrogen-bond donors (Lipinski definition) is 0. The fourth-order valence-electron chi connectivity index (χ4n) is 2.93. The molecular formula is C18H26Br2N2. The highest BCUT2D eigenvalue weighted by Gasteiger charge is 2.12. The van der Waals surface area contributed by atoms with Crippen molar-refractivity contribution in [2.75, 3.05) is 0 Å². The molecule has 2 aromatic rings. The minimum atomic E-state index is 1.06. The molecule has 0 saturated heterocycles. The quantitative estimate of drug-likeness (QED) is 0.401. The lowest BCUT2D eigenvalue weighted by Crippen LogP contribution is -1.98. The molecule has 0 amide bonds. The predicted molar refractivity (Wildman–Crippen MR) is 102 cm³/mol. The molecule has 0 N–H and O–H groups in total. The second-order valence-corrected chi connectivity index (χ2v) is 7.75. The molecule has 1 aromatic carbocycles. The van der Waals surface area contributed by atoms with Crippen molar-refractivity contribution in [2.24, 2.45) is 7.05 Å². The van der Waals surface area contributed by atoms with E-state index in [-0.39, 0.29) is 0 Å². The lowest BCUT2D eigenvalue weighted by Gasteiger charge is -2.04. The number of nitrogens with zero attached hydrogens (tertiary/aromatic N) is 2. The Balaban J connectivity index is 1.84. The van der Waals surface area contributed by atoms with E-state index >= 15 is 0 Å². The summed E-state index contributed by atoms with van der Waals surface area (Å²) in [6.07, 6.45) is 11.9. The van der Waals surface area contributed by atoms with Crippen LogP contribution in [0.25, 0.3) is 11.0 Å². The van der Waals surface area contributed by atoms with Crippen molar-refractivity contribution in [1.29, 1.82) is 0 Å². The average Bonchev–Trinajstić information content (AvgIpc) is 2.84. The summed E-state index contributed by atoms with van der Waals surface area (Å²) in [5.41, 5.74) is 2.25. The summed E-state index contributed by atoms with van der Waals surface area (Å²) in [6.45, 7) is 2.27. The standard InChI is InChI=1S/C18H26Br2N2/c1-3-4-5-6-7-8-9-10-11-16-21-17-14(19)12-13-15(20)18(17)22(16)2/h12-13H,3-11H2,1-2H3. The van der Waals surface area contributed by atoms with Crippen LogP contribution in [0.5, 0.6) is 0 Å². The largest absolute Gasteiger partial charge is 0.330 e. The molecular weight excluding hydrogens is 404 g/mol. The van der Waals surface area contributed by atoms with Gasteiger partial charge in [0.25, 0.3) is 0 Å². The Morgan fingerprint density at radius 1 is 0.909 bits per heavy atom. The van der Waals surface area contributed by atoms with Gasteiger partial charge in [0.15, 0.2) is 0 Å². The third kappa shape index (κ3) is 4.58. The Morgan fingerprint density at radius 2 is 1.50 bits per heavy atom. The van der Waals surface area contributed by atoms with Crippen molar-refractivity contribution in [3.8, 4) is 0 Å². The van der Waals surface area contributed by atoms with Crippen LogP contribution in [0.2, 0.25) is 0 Å². The molecule has 2 nitrogen and oxygen atoms in total. The molecule has 4 heteroatoms. The monoisotopic (exact) mass is 428 g/mol. The van der Waals surface area contributed by atoms with Gasteiger partial charge in [0.05, 0.1) is 5.52 Å². The Morgan fingerprint density at radius 3 is 2.14 bits per heavy atom. The van der Waals surface area contributed by atoms with Crippen LogP contribution in [0.4, 0.5) is 0 Å². The molecule has 0 radical (unpaired) electrons. The molecule has 0 aliphatic heterocycles. The highest BCUT2D eigenvalue weighted by atomic mass is 79.9. The minimum Gasteiger partial charge on any atom is -0.330 e. The average molecular weight is 430 g/mol. The van der Waals surface area contributed by atoms with E-state index in [9.17, 15) is 0 Å². The van der Waals surface area contributed by atoms with Crippen molar-refractivity contribution in [1.82, 2.24) is 9.55 Å². The van der Waals surface area contributed by atoms with Gasteiger partial charge in [-0.15, -0.1) is 0 Å². The maximum Gasteiger partial charge on any atom is 0.109 e. The topological polar surface area (TPSA) is 17.8 Å². The number of aryl methyl sites for hydroxylation is 2. The molecule has 0 aliphatic carbocycles. The van der Waals surface area contributed by atoms with Crippen LogP contribution in [0.3, 0.4) is 0 Å². The zero-order valence-corrected chi connectivity index (χ0v) is 16.8. The summed E-state index contributed by atoms with van der Waals surface area (Å²) >= 11 is 7.24. The van der Waals surface area contributed by atoms with Gasteiger partial charge in [-0.3, -0.25) is 0 Å². The number of aromatic nitrogens is 2. The molecule has 0 unspecified atom stereocenters. The molecule has 2 rings (SSSR count). The van der Waals surface area contributed by atoms with Crippen LogP contribution in [-0.2, 0) is 13.5 Å². The second-order valence-electron chi connectivity index (χ2n) is 6.04. The molecule has 122 valence electrons. The summed E-state index contributed by atoms with van der Waals surface area (Å²) in [5.74, 6) is 1.19. The van der Waals surface area contributed by atoms with E-state index in [1.165, 1.54) is 62.7 Å². The van der Waals surface area contributed by atoms with Crippen LogP contribution >= 0.6 is 31.9 Å². The first-order valence-corrected chi connectivity index (χ1v) is 10.0. The van der Waals surface area contributed by atoms with Gasteiger partial charge in [-0.1, -0.05) is 51.9 Å². The molecule has 22 heavy (non-hydrogen) atoms. The van der Waals surface area contributed by atoms with E-state index in [0.29, 0.717) is 0 Å². The molecule has 0 bridgehead atoms. The molecule has 0 saturated carbocycles. The number of fused-ring (bicyclic) bond motifs is 1. The summed E-state index contributed by atoms with van der Waals surface area (Å²) in [4.78, 5) is 4.82. The first-order chi connectivity index (χ1) is 10.6. The first kappa shape index (κ1) is 18.0. The third-order valence-corrected chi connectivity index (χ3v) is 5.55. The van der Waals surface area contributed by atoms with E-state index in [1.807, 2.05) is 0 Å². The van der Waals surface area contributed by atoms with Crippen molar-refractivity contribution in [2.45, 2.75) is 64.7 Å². The van der Waals surface area contributed by atoms with Crippen LogP contribution in [0.15, 0.2) is 21.1 Å². The lowest BCUT2D eigenvalue weighted by atomic mass is 10.1. The predicted octanol–water partition coefficient (Wildman–Crippen LogP) is 6.78. The van der Waals surface area contributed by atoms with Crippen LogP contribution in [-0.4, -0.2) is 9.55 Å². The van der Waals surface area contributed by atoms with Crippen molar-refractivity contribution in [3.63, 3.8) is 0 Å². The van der Waals surface area contributed by atoms with Gasteiger partial charge in [0.1, 0.15) is 11.3 Å². The smallest absolute Gasteiger partial charge is 0.109 e. The molecule has 1 aromatic heterocycles. The third-order valence-electron chi connectivity index (χ3n) is 4.27. The van der Waals surface area contributed by atoms with Gasteiger partial charge < -0.3 is 4.57 Å². The molecule has 0 spiro atoms. The van der Waals surface area contributed by atoms with E-state index in [0.717, 1.165) is 20.9 Å². The van der Waals surface area contributed by atoms with Crippen LogP contribution < -0.4 is 0 Å². The number of benzene rings is 1. The van der Waals surface area contributed by atoms with Gasteiger partial charge in [0, 0.05) is 22.4 Å². The second kappa shape index (κ2) is 9.07. The lowest BCUT2D eigenvalue weighted by molar-refractivity contribution is 0.569. The van der Waals surface area contributed by atoms with Gasteiger partial charge >= 0.3 is 0 Å². The fraction of sp³-hybridized carbons (Fsp3) is 0.611. The molecule has 0 fully saturated rings. The number of imidazole rings is 1. The summed E-state index contributed by atoms with van der Waals surface area (Å²) in [7, 11) is 2.12. The van der Waals surface area contributed by atoms with E-state index in [1.54, 1.807) is 0 Å². The molecule has 0 aliphatic rings. The summed E-state index contributed by atoms with van der Waals surface area (Å²) < 4.78 is 4.41. The van der Waals surface area contributed by atoms with E-state index in [4.69, 9.17) is 4.98 Å². The number of unbranched alkanes of at least 4 members (excludes halogenated alkanes) is 7. The Bertz CT molecular complexity index is 605. The summed E-state index contributed by atoms with van der Waals surface area (Å²) in [6, 6.07) is 4.13. The highest BCUT2D eigenvalue weighted by molar-refractivity contribution is 9.11. The van der Waals surface area contributed by atoms with E-state index in [2.05, 4.69) is 62.5 Å². The van der Waals surface area contributed by atoms with Gasteiger partial charge in [-0.05, 0) is 50.4 Å². The van der Waals surface area contributed by atoms with Crippen molar-refractivity contribution < 1.29 is 0 Å². The van der Waals surface area contributed by atoms with Gasteiger partial charge in [0.2, 0.25) is 0 Å². The number of hydrogen-bond acceptors (Lipinski definition) is 1. The van der Waals surface area contributed by atoms with Crippen LogP contribution in [0.1, 0.15) is 64.1 Å². The zero-order chi connectivity index (χ0) is 15.9. The minimum absolute atomic E-state index is 1.06. The normalized spacial score (nSPS) is 11.5. The number of halogens is 2. The van der Waals surface area contributed by atoms with Crippen LogP contribution in [0, 0.1) is 0 Å². The Labute approximate surface area is 151 Å². The van der Waals surface area contributed by atoms with Crippen molar-refractivity contribution >= 4 is 42.9 Å². The summed E-state index contributed by atoms with van der Waals surface area (Å²) in [5, 5.41) is 0. The number of rotatable bonds is 9.